The van der Waals surface area contributed by atoms with Gasteiger partial charge in [-0.2, -0.15) is 0 Å². The van der Waals surface area contributed by atoms with Gasteiger partial charge >= 0.3 is 0 Å². The Kier molecular flexibility index (Phi) is 6.28. The molecule has 1 aromatic heterocycles. The minimum atomic E-state index is -3.38. The normalized spacial score (nSPS) is 22.8. The van der Waals surface area contributed by atoms with E-state index >= 15 is 0 Å². The summed E-state index contributed by atoms with van der Waals surface area (Å²) in [6.07, 6.45) is 3.27. The molecule has 3 atom stereocenters. The molecule has 1 aliphatic carbocycles. The number of sulfone groups is 1. The lowest BCUT2D eigenvalue weighted by Gasteiger charge is -2.34. The van der Waals surface area contributed by atoms with Gasteiger partial charge in [0.1, 0.15) is 11.5 Å². The van der Waals surface area contributed by atoms with Gasteiger partial charge in [0.25, 0.3) is 5.91 Å². The SMILES string of the molecule is Cc1ccc(CS(=O)(=O)Cc2ccc(C(=O)N[C@@H]3CCC[C@H](C)[C@@H]3C)o2)cc1. The first-order valence-corrected chi connectivity index (χ1v) is 11.7. The van der Waals surface area contributed by atoms with E-state index in [1.165, 1.54) is 6.42 Å². The topological polar surface area (TPSA) is 76.4 Å². The summed E-state index contributed by atoms with van der Waals surface area (Å²) in [5, 5.41) is 3.05. The second-order valence-electron chi connectivity index (χ2n) is 8.13. The number of furan rings is 1. The lowest BCUT2D eigenvalue weighted by Crippen LogP contribution is -2.43. The third kappa shape index (κ3) is 5.25. The maximum absolute atomic E-state index is 12.5. The average molecular weight is 404 g/mol. The fourth-order valence-corrected chi connectivity index (χ4v) is 5.20. The maximum Gasteiger partial charge on any atom is 0.287 e. The fourth-order valence-electron chi connectivity index (χ4n) is 3.81. The molecule has 2 aromatic rings. The molecule has 0 saturated heterocycles. The first-order valence-electron chi connectivity index (χ1n) is 9.89. The highest BCUT2D eigenvalue weighted by molar-refractivity contribution is 7.89. The molecule has 5 nitrogen and oxygen atoms in total. The zero-order valence-corrected chi connectivity index (χ0v) is 17.6. The van der Waals surface area contributed by atoms with Crippen molar-refractivity contribution in [1.82, 2.24) is 5.32 Å². The molecule has 1 saturated carbocycles. The summed E-state index contributed by atoms with van der Waals surface area (Å²) >= 11 is 0. The van der Waals surface area contributed by atoms with Crippen molar-refractivity contribution in [1.29, 1.82) is 0 Å². The maximum atomic E-state index is 12.5. The second-order valence-corrected chi connectivity index (χ2v) is 10.2. The van der Waals surface area contributed by atoms with Gasteiger partial charge in [-0.25, -0.2) is 8.42 Å². The molecule has 1 amide bonds. The van der Waals surface area contributed by atoms with E-state index in [2.05, 4.69) is 19.2 Å². The van der Waals surface area contributed by atoms with E-state index in [4.69, 9.17) is 4.42 Å². The number of rotatable bonds is 6. The summed E-state index contributed by atoms with van der Waals surface area (Å²) in [6, 6.07) is 10.7. The molecule has 0 aliphatic heterocycles. The van der Waals surface area contributed by atoms with Crippen molar-refractivity contribution >= 4 is 15.7 Å². The Morgan fingerprint density at radius 1 is 1.07 bits per heavy atom. The summed E-state index contributed by atoms with van der Waals surface area (Å²) in [5.41, 5.74) is 1.83. The highest BCUT2D eigenvalue weighted by Gasteiger charge is 2.29. The van der Waals surface area contributed by atoms with Crippen LogP contribution in [0, 0.1) is 18.8 Å². The third-order valence-electron chi connectivity index (χ3n) is 5.78. The molecule has 0 unspecified atom stereocenters. The lowest BCUT2D eigenvalue weighted by molar-refractivity contribution is 0.0861. The predicted molar refractivity (Wildman–Crippen MR) is 110 cm³/mol. The van der Waals surface area contributed by atoms with Crippen molar-refractivity contribution in [2.75, 3.05) is 0 Å². The van der Waals surface area contributed by atoms with Crippen molar-refractivity contribution in [2.24, 2.45) is 11.8 Å². The summed E-state index contributed by atoms with van der Waals surface area (Å²) in [7, 11) is -3.38. The number of hydrogen-bond donors (Lipinski definition) is 1. The standard InChI is InChI=1S/C22H29NO4S/c1-15-7-9-18(10-8-15)13-28(25,26)14-19-11-12-21(27-19)22(24)23-20-6-4-5-16(2)17(20)3/h7-12,16-17,20H,4-6,13-14H2,1-3H3,(H,23,24)/t16-,17-,20+/m0/s1. The minimum Gasteiger partial charge on any atom is -0.455 e. The summed E-state index contributed by atoms with van der Waals surface area (Å²) in [5.74, 6) is 0.930. The van der Waals surface area contributed by atoms with Crippen LogP contribution in [0.4, 0.5) is 0 Å². The van der Waals surface area contributed by atoms with Crippen LogP contribution in [0.2, 0.25) is 0 Å². The second kappa shape index (κ2) is 8.52. The Morgan fingerprint density at radius 2 is 1.79 bits per heavy atom. The van der Waals surface area contributed by atoms with Gasteiger partial charge in [0, 0.05) is 6.04 Å². The highest BCUT2D eigenvalue weighted by atomic mass is 32.2. The Morgan fingerprint density at radius 3 is 2.50 bits per heavy atom. The quantitative estimate of drug-likeness (QED) is 0.782. The van der Waals surface area contributed by atoms with E-state index < -0.39 is 9.84 Å². The van der Waals surface area contributed by atoms with Gasteiger partial charge in [-0.1, -0.05) is 56.5 Å². The van der Waals surface area contributed by atoms with E-state index in [9.17, 15) is 13.2 Å². The Hall–Kier alpha value is -2.08. The lowest BCUT2D eigenvalue weighted by atomic mass is 9.78. The van der Waals surface area contributed by atoms with Crippen LogP contribution < -0.4 is 5.32 Å². The van der Waals surface area contributed by atoms with Crippen LogP contribution in [-0.2, 0) is 21.3 Å². The smallest absolute Gasteiger partial charge is 0.287 e. The Bertz CT molecular complexity index is 914. The van der Waals surface area contributed by atoms with Crippen LogP contribution in [0.1, 0.15) is 60.6 Å². The largest absolute Gasteiger partial charge is 0.455 e. The number of nitrogens with one attached hydrogen (secondary N) is 1. The van der Waals surface area contributed by atoms with Crippen LogP contribution >= 0.6 is 0 Å². The highest BCUT2D eigenvalue weighted by Crippen LogP contribution is 2.29. The number of aryl methyl sites for hydroxylation is 1. The summed E-state index contributed by atoms with van der Waals surface area (Å²) in [6.45, 7) is 6.34. The summed E-state index contributed by atoms with van der Waals surface area (Å²) < 4.78 is 30.5. The van der Waals surface area contributed by atoms with Gasteiger partial charge in [0.2, 0.25) is 0 Å². The van der Waals surface area contributed by atoms with Crippen molar-refractivity contribution in [2.45, 2.75) is 57.6 Å². The molecule has 1 aromatic carbocycles. The third-order valence-corrected chi connectivity index (χ3v) is 7.28. The van der Waals surface area contributed by atoms with E-state index in [0.717, 1.165) is 24.0 Å². The van der Waals surface area contributed by atoms with Crippen LogP contribution in [-0.4, -0.2) is 20.4 Å². The molecular formula is C22H29NO4S. The van der Waals surface area contributed by atoms with Gasteiger partial charge < -0.3 is 9.73 Å². The molecule has 0 spiro atoms. The number of benzene rings is 1. The van der Waals surface area contributed by atoms with E-state index in [-0.39, 0.29) is 29.2 Å². The van der Waals surface area contributed by atoms with Crippen LogP contribution in [0.15, 0.2) is 40.8 Å². The fraction of sp³-hybridized carbons (Fsp3) is 0.500. The van der Waals surface area contributed by atoms with E-state index in [0.29, 0.717) is 17.6 Å². The molecule has 0 bridgehead atoms. The predicted octanol–water partition coefficient (Wildman–Crippen LogP) is 4.26. The van der Waals surface area contributed by atoms with Crippen molar-refractivity contribution in [3.05, 3.63) is 59.0 Å². The van der Waals surface area contributed by atoms with Gasteiger partial charge in [0.05, 0.1) is 5.75 Å². The number of amides is 1. The molecule has 0 radical (unpaired) electrons. The molecule has 1 fully saturated rings. The van der Waals surface area contributed by atoms with Gasteiger partial charge in [0.15, 0.2) is 15.6 Å². The molecule has 1 aliphatic rings. The Balaban J connectivity index is 1.61. The number of carbonyl (C=O) groups excluding carboxylic acids is 1. The first kappa shape index (κ1) is 20.6. The van der Waals surface area contributed by atoms with Gasteiger partial charge in [-0.15, -0.1) is 0 Å². The molecule has 1 heterocycles. The van der Waals surface area contributed by atoms with Crippen molar-refractivity contribution in [3.63, 3.8) is 0 Å². The summed E-state index contributed by atoms with van der Waals surface area (Å²) in [4.78, 5) is 12.5. The van der Waals surface area contributed by atoms with Crippen LogP contribution in [0.25, 0.3) is 0 Å². The van der Waals surface area contributed by atoms with Crippen LogP contribution in [0.5, 0.6) is 0 Å². The molecule has 152 valence electrons. The van der Waals surface area contributed by atoms with Crippen molar-refractivity contribution in [3.8, 4) is 0 Å². The van der Waals surface area contributed by atoms with Crippen LogP contribution in [0.3, 0.4) is 0 Å². The number of carbonyl (C=O) groups is 1. The molecule has 28 heavy (non-hydrogen) atoms. The zero-order chi connectivity index (χ0) is 20.3. The minimum absolute atomic E-state index is 0.0486. The van der Waals surface area contributed by atoms with E-state index in [1.54, 1.807) is 12.1 Å². The van der Waals surface area contributed by atoms with Crippen molar-refractivity contribution < 1.29 is 17.6 Å². The molecular weight excluding hydrogens is 374 g/mol. The monoisotopic (exact) mass is 403 g/mol. The first-order chi connectivity index (χ1) is 13.2. The zero-order valence-electron chi connectivity index (χ0n) is 16.8. The molecule has 3 rings (SSSR count). The average Bonchev–Trinajstić information content (AvgIpc) is 3.08. The Labute approximate surface area is 167 Å². The van der Waals surface area contributed by atoms with Gasteiger partial charge in [-0.05, 0) is 42.9 Å². The molecule has 1 N–H and O–H groups in total. The molecule has 6 heteroatoms. The number of hydrogen-bond acceptors (Lipinski definition) is 4. The van der Waals surface area contributed by atoms with Gasteiger partial charge in [-0.3, -0.25) is 4.79 Å². The van der Waals surface area contributed by atoms with E-state index in [1.807, 2.05) is 31.2 Å².